The minimum atomic E-state index is 0.132. The Labute approximate surface area is 121 Å². The van der Waals surface area contributed by atoms with Gasteiger partial charge in [0.2, 0.25) is 5.91 Å². The first-order chi connectivity index (χ1) is 9.54. The largest absolute Gasteiger partial charge is 0.399 e. The van der Waals surface area contributed by atoms with Crippen molar-refractivity contribution in [3.05, 3.63) is 29.8 Å². The number of carbonyl (C=O) groups is 1. The number of anilines is 1. The highest BCUT2D eigenvalue weighted by atomic mass is 16.5. The molecule has 4 nitrogen and oxygen atoms in total. The molecular weight excluding hydrogens is 252 g/mol. The van der Waals surface area contributed by atoms with E-state index in [1.54, 1.807) is 0 Å². The zero-order valence-electron chi connectivity index (χ0n) is 12.8. The van der Waals surface area contributed by atoms with E-state index in [-0.39, 0.29) is 11.9 Å². The number of nitrogen functional groups attached to an aromatic ring is 1. The summed E-state index contributed by atoms with van der Waals surface area (Å²) in [6, 6.07) is 7.83. The van der Waals surface area contributed by atoms with E-state index in [9.17, 15) is 4.79 Å². The number of hydrogen-bond acceptors (Lipinski definition) is 3. The predicted octanol–water partition coefficient (Wildman–Crippen LogP) is 2.82. The van der Waals surface area contributed by atoms with E-state index in [2.05, 4.69) is 6.92 Å². The molecule has 0 aliphatic rings. The van der Waals surface area contributed by atoms with E-state index in [1.807, 2.05) is 43.0 Å². The first kappa shape index (κ1) is 16.5. The number of hydrogen-bond donors (Lipinski definition) is 1. The first-order valence-electron chi connectivity index (χ1n) is 7.26. The Morgan fingerprint density at radius 1 is 1.25 bits per heavy atom. The molecule has 0 aliphatic carbocycles. The number of ether oxygens (including phenoxy) is 1. The molecular formula is C16H26N2O2. The number of nitrogens with two attached hydrogens (primary N) is 1. The fourth-order valence-corrected chi connectivity index (χ4v) is 1.93. The van der Waals surface area contributed by atoms with Crippen LogP contribution in [0.1, 0.15) is 39.2 Å². The molecule has 2 N–H and O–H groups in total. The summed E-state index contributed by atoms with van der Waals surface area (Å²) in [4.78, 5) is 14.1. The lowest BCUT2D eigenvalue weighted by molar-refractivity contribution is -0.134. The van der Waals surface area contributed by atoms with E-state index in [0.717, 1.165) is 17.7 Å². The average molecular weight is 278 g/mol. The molecule has 0 aromatic heterocycles. The van der Waals surface area contributed by atoms with Gasteiger partial charge in [0.25, 0.3) is 0 Å². The van der Waals surface area contributed by atoms with Crippen molar-refractivity contribution in [1.29, 1.82) is 0 Å². The van der Waals surface area contributed by atoms with E-state index in [4.69, 9.17) is 10.5 Å². The van der Waals surface area contributed by atoms with Crippen molar-refractivity contribution in [1.82, 2.24) is 4.90 Å². The summed E-state index contributed by atoms with van der Waals surface area (Å²) in [7, 11) is 0. The van der Waals surface area contributed by atoms with Crippen molar-refractivity contribution >= 4 is 11.6 Å². The van der Waals surface area contributed by atoms with E-state index in [1.165, 1.54) is 0 Å². The number of amides is 1. The maximum atomic E-state index is 12.2. The summed E-state index contributed by atoms with van der Waals surface area (Å²) in [5.41, 5.74) is 7.51. The zero-order valence-corrected chi connectivity index (χ0v) is 12.8. The Bertz CT molecular complexity index is 401. The fourth-order valence-electron chi connectivity index (χ4n) is 1.93. The molecule has 1 rings (SSSR count). The van der Waals surface area contributed by atoms with Gasteiger partial charge in [0.05, 0.1) is 13.0 Å². The highest BCUT2D eigenvalue weighted by Crippen LogP contribution is 2.12. The minimum Gasteiger partial charge on any atom is -0.399 e. The van der Waals surface area contributed by atoms with Crippen LogP contribution < -0.4 is 5.73 Å². The topological polar surface area (TPSA) is 55.6 Å². The van der Waals surface area contributed by atoms with Gasteiger partial charge in [-0.1, -0.05) is 19.1 Å². The second kappa shape index (κ2) is 8.59. The Morgan fingerprint density at radius 3 is 2.45 bits per heavy atom. The third-order valence-electron chi connectivity index (χ3n) is 3.09. The van der Waals surface area contributed by atoms with Gasteiger partial charge in [-0.3, -0.25) is 4.79 Å². The number of rotatable bonds is 8. The van der Waals surface area contributed by atoms with Crippen LogP contribution in [0, 0.1) is 0 Å². The smallest absolute Gasteiger partial charge is 0.225 e. The Morgan fingerprint density at radius 2 is 1.90 bits per heavy atom. The van der Waals surface area contributed by atoms with Crippen LogP contribution >= 0.6 is 0 Å². The molecule has 20 heavy (non-hydrogen) atoms. The molecule has 0 unspecified atom stereocenters. The maximum Gasteiger partial charge on any atom is 0.225 e. The third kappa shape index (κ3) is 5.61. The van der Waals surface area contributed by atoms with Gasteiger partial charge in [-0.2, -0.15) is 0 Å². The van der Waals surface area contributed by atoms with Crippen LogP contribution in [0.15, 0.2) is 24.3 Å². The van der Waals surface area contributed by atoms with Crippen molar-refractivity contribution < 1.29 is 9.53 Å². The highest BCUT2D eigenvalue weighted by Gasteiger charge is 2.16. The first-order valence-corrected chi connectivity index (χ1v) is 7.26. The Balaban J connectivity index is 2.55. The van der Waals surface area contributed by atoms with Crippen molar-refractivity contribution in [2.45, 2.75) is 46.2 Å². The number of benzene rings is 1. The SMILES string of the molecule is CCCOCCC(=O)N(Cc1ccc(N)cc1)C(C)C. The fraction of sp³-hybridized carbons (Fsp3) is 0.562. The summed E-state index contributed by atoms with van der Waals surface area (Å²) in [5, 5.41) is 0. The van der Waals surface area contributed by atoms with Gasteiger partial charge in [0, 0.05) is 24.9 Å². The molecule has 1 aromatic rings. The van der Waals surface area contributed by atoms with Crippen LogP contribution in [-0.4, -0.2) is 30.1 Å². The summed E-state index contributed by atoms with van der Waals surface area (Å²) >= 11 is 0. The Hall–Kier alpha value is -1.55. The molecule has 112 valence electrons. The molecule has 0 saturated heterocycles. The molecule has 0 atom stereocenters. The number of carbonyl (C=O) groups excluding carboxylic acids is 1. The molecule has 4 heteroatoms. The molecule has 0 bridgehead atoms. The van der Waals surface area contributed by atoms with E-state index in [0.29, 0.717) is 26.2 Å². The van der Waals surface area contributed by atoms with Crippen molar-refractivity contribution in [2.75, 3.05) is 18.9 Å². The zero-order chi connectivity index (χ0) is 15.0. The summed E-state index contributed by atoms with van der Waals surface area (Å²) in [5.74, 6) is 0.132. The predicted molar refractivity (Wildman–Crippen MR) is 82.3 cm³/mol. The molecule has 1 aromatic carbocycles. The highest BCUT2D eigenvalue weighted by molar-refractivity contribution is 5.76. The van der Waals surface area contributed by atoms with Crippen LogP contribution in [0.5, 0.6) is 0 Å². The van der Waals surface area contributed by atoms with Crippen molar-refractivity contribution in [2.24, 2.45) is 0 Å². The Kier molecular flexibility index (Phi) is 7.09. The van der Waals surface area contributed by atoms with Gasteiger partial charge < -0.3 is 15.4 Å². The molecule has 0 saturated carbocycles. The second-order valence-corrected chi connectivity index (χ2v) is 5.22. The van der Waals surface area contributed by atoms with Crippen LogP contribution in [0.2, 0.25) is 0 Å². The van der Waals surface area contributed by atoms with Crippen molar-refractivity contribution in [3.63, 3.8) is 0 Å². The standard InChI is InChI=1S/C16H26N2O2/c1-4-10-20-11-9-16(19)18(13(2)3)12-14-5-7-15(17)8-6-14/h5-8,13H,4,9-12,17H2,1-3H3. The monoisotopic (exact) mass is 278 g/mol. The minimum absolute atomic E-state index is 0.132. The normalized spacial score (nSPS) is 10.8. The quantitative estimate of drug-likeness (QED) is 0.587. The van der Waals surface area contributed by atoms with Gasteiger partial charge in [-0.15, -0.1) is 0 Å². The molecule has 0 spiro atoms. The lowest BCUT2D eigenvalue weighted by Crippen LogP contribution is -2.36. The third-order valence-corrected chi connectivity index (χ3v) is 3.09. The summed E-state index contributed by atoms with van der Waals surface area (Å²) < 4.78 is 5.39. The lowest BCUT2D eigenvalue weighted by Gasteiger charge is -2.27. The molecule has 1 amide bonds. The van der Waals surface area contributed by atoms with Gasteiger partial charge in [-0.25, -0.2) is 0 Å². The van der Waals surface area contributed by atoms with Crippen LogP contribution in [-0.2, 0) is 16.1 Å². The van der Waals surface area contributed by atoms with Gasteiger partial charge >= 0.3 is 0 Å². The molecule has 0 heterocycles. The lowest BCUT2D eigenvalue weighted by atomic mass is 10.1. The molecule has 0 aliphatic heterocycles. The van der Waals surface area contributed by atoms with E-state index < -0.39 is 0 Å². The van der Waals surface area contributed by atoms with E-state index >= 15 is 0 Å². The molecule has 0 radical (unpaired) electrons. The van der Waals surface area contributed by atoms with Crippen LogP contribution in [0.25, 0.3) is 0 Å². The van der Waals surface area contributed by atoms with Crippen LogP contribution in [0.3, 0.4) is 0 Å². The molecule has 0 fully saturated rings. The summed E-state index contributed by atoms with van der Waals surface area (Å²) in [6.45, 7) is 7.95. The number of nitrogens with zero attached hydrogens (tertiary/aromatic N) is 1. The van der Waals surface area contributed by atoms with Crippen molar-refractivity contribution in [3.8, 4) is 0 Å². The van der Waals surface area contributed by atoms with Gasteiger partial charge in [-0.05, 0) is 38.0 Å². The van der Waals surface area contributed by atoms with Crippen LogP contribution in [0.4, 0.5) is 5.69 Å². The maximum absolute atomic E-state index is 12.2. The van der Waals surface area contributed by atoms with Gasteiger partial charge in [0.1, 0.15) is 0 Å². The van der Waals surface area contributed by atoms with Gasteiger partial charge in [0.15, 0.2) is 0 Å². The average Bonchev–Trinajstić information content (AvgIpc) is 2.42. The summed E-state index contributed by atoms with van der Waals surface area (Å²) in [6.07, 6.45) is 1.42. The second-order valence-electron chi connectivity index (χ2n) is 5.22.